The van der Waals surface area contributed by atoms with Crippen molar-refractivity contribution >= 4 is 10.8 Å². The average Bonchev–Trinajstić information content (AvgIpc) is 2.16. The van der Waals surface area contributed by atoms with E-state index in [9.17, 15) is 13.2 Å². The number of rotatable bonds is 0. The van der Waals surface area contributed by atoms with Gasteiger partial charge in [0.2, 0.25) is 0 Å². The Morgan fingerprint density at radius 1 is 1.00 bits per heavy atom. The Labute approximate surface area is 85.3 Å². The Morgan fingerprint density at radius 2 is 1.73 bits per heavy atom. The van der Waals surface area contributed by atoms with E-state index in [2.05, 4.69) is 0 Å². The van der Waals surface area contributed by atoms with Gasteiger partial charge in [0.25, 0.3) is 0 Å². The van der Waals surface area contributed by atoms with Crippen LogP contribution in [0.3, 0.4) is 0 Å². The van der Waals surface area contributed by atoms with Gasteiger partial charge in [-0.3, -0.25) is 0 Å². The summed E-state index contributed by atoms with van der Waals surface area (Å²) in [6.07, 6.45) is -4.27. The SMILES string of the molecule is Cc1cccc2cc(C(F)(F)F)ccc12. The number of hydrogen-bond acceptors (Lipinski definition) is 0. The third-order valence-electron chi connectivity index (χ3n) is 2.43. The third kappa shape index (κ3) is 1.82. The van der Waals surface area contributed by atoms with Crippen LogP contribution in [0.15, 0.2) is 36.4 Å². The first-order valence-electron chi connectivity index (χ1n) is 4.55. The molecule has 0 unspecified atom stereocenters. The van der Waals surface area contributed by atoms with Gasteiger partial charge in [-0.1, -0.05) is 24.3 Å². The van der Waals surface area contributed by atoms with E-state index in [4.69, 9.17) is 0 Å². The lowest BCUT2D eigenvalue weighted by Gasteiger charge is -2.08. The van der Waals surface area contributed by atoms with Crippen molar-refractivity contribution in [1.82, 2.24) is 0 Å². The fourth-order valence-corrected chi connectivity index (χ4v) is 1.62. The van der Waals surface area contributed by atoms with Crippen LogP contribution in [-0.2, 0) is 6.18 Å². The lowest BCUT2D eigenvalue weighted by Crippen LogP contribution is -2.04. The minimum Gasteiger partial charge on any atom is -0.166 e. The molecule has 3 heteroatoms. The molecule has 2 aromatic carbocycles. The molecule has 0 N–H and O–H groups in total. The molecule has 0 aliphatic carbocycles. The Bertz CT molecular complexity index is 498. The number of halogens is 3. The molecule has 0 aliphatic rings. The van der Waals surface area contributed by atoms with E-state index in [1.807, 2.05) is 13.0 Å². The highest BCUT2D eigenvalue weighted by Crippen LogP contribution is 2.31. The number of hydrogen-bond donors (Lipinski definition) is 0. The summed E-state index contributed by atoms with van der Waals surface area (Å²) < 4.78 is 37.2. The maximum atomic E-state index is 12.4. The van der Waals surface area contributed by atoms with E-state index in [-0.39, 0.29) is 0 Å². The molecule has 78 valence electrons. The van der Waals surface area contributed by atoms with Gasteiger partial charge < -0.3 is 0 Å². The van der Waals surface area contributed by atoms with Crippen LogP contribution in [0.25, 0.3) is 10.8 Å². The molecule has 0 radical (unpaired) electrons. The Kier molecular flexibility index (Phi) is 2.18. The van der Waals surface area contributed by atoms with Crippen molar-refractivity contribution in [1.29, 1.82) is 0 Å². The van der Waals surface area contributed by atoms with Crippen molar-refractivity contribution in [3.05, 3.63) is 47.5 Å². The zero-order valence-corrected chi connectivity index (χ0v) is 8.10. The summed E-state index contributed by atoms with van der Waals surface area (Å²) in [7, 11) is 0. The first-order valence-corrected chi connectivity index (χ1v) is 4.55. The molecule has 0 aliphatic heterocycles. The number of benzene rings is 2. The molecular weight excluding hydrogens is 201 g/mol. The maximum absolute atomic E-state index is 12.4. The fraction of sp³-hybridized carbons (Fsp3) is 0.167. The smallest absolute Gasteiger partial charge is 0.166 e. The van der Waals surface area contributed by atoms with E-state index in [1.54, 1.807) is 12.1 Å². The van der Waals surface area contributed by atoms with Gasteiger partial charge in [-0.2, -0.15) is 13.2 Å². The molecule has 0 atom stereocenters. The standard InChI is InChI=1S/C12H9F3/c1-8-3-2-4-9-7-10(12(13,14)15)5-6-11(8)9/h2-7H,1H3. The highest BCUT2D eigenvalue weighted by atomic mass is 19.4. The summed E-state index contributed by atoms with van der Waals surface area (Å²) in [5, 5.41) is 1.50. The monoisotopic (exact) mass is 210 g/mol. The topological polar surface area (TPSA) is 0 Å². The molecule has 0 bridgehead atoms. The van der Waals surface area contributed by atoms with Crippen LogP contribution in [0.2, 0.25) is 0 Å². The summed E-state index contributed by atoms with van der Waals surface area (Å²) >= 11 is 0. The lowest BCUT2D eigenvalue weighted by atomic mass is 10.0. The average molecular weight is 210 g/mol. The molecule has 15 heavy (non-hydrogen) atoms. The molecule has 2 rings (SSSR count). The van der Waals surface area contributed by atoms with Crippen molar-refractivity contribution in [3.63, 3.8) is 0 Å². The van der Waals surface area contributed by atoms with E-state index < -0.39 is 11.7 Å². The Balaban J connectivity index is 2.68. The van der Waals surface area contributed by atoms with Crippen LogP contribution in [0.4, 0.5) is 13.2 Å². The van der Waals surface area contributed by atoms with Gasteiger partial charge in [-0.15, -0.1) is 0 Å². The van der Waals surface area contributed by atoms with Crippen LogP contribution in [0.5, 0.6) is 0 Å². The molecule has 0 amide bonds. The second-order valence-corrected chi connectivity index (χ2v) is 3.51. The second kappa shape index (κ2) is 3.26. The van der Waals surface area contributed by atoms with Crippen LogP contribution in [0, 0.1) is 6.92 Å². The largest absolute Gasteiger partial charge is 0.416 e. The van der Waals surface area contributed by atoms with Crippen LogP contribution >= 0.6 is 0 Å². The zero-order valence-electron chi connectivity index (χ0n) is 8.10. The highest BCUT2D eigenvalue weighted by Gasteiger charge is 2.30. The molecular formula is C12H9F3. The quantitative estimate of drug-likeness (QED) is 0.612. The number of fused-ring (bicyclic) bond motifs is 1. The summed E-state index contributed by atoms with van der Waals surface area (Å²) in [5.41, 5.74) is 0.391. The molecule has 0 spiro atoms. The van der Waals surface area contributed by atoms with Crippen molar-refractivity contribution in [3.8, 4) is 0 Å². The summed E-state index contributed by atoms with van der Waals surface area (Å²) in [4.78, 5) is 0. The first kappa shape index (κ1) is 10.0. The fourth-order valence-electron chi connectivity index (χ4n) is 1.62. The van der Waals surface area contributed by atoms with Gasteiger partial charge in [-0.25, -0.2) is 0 Å². The third-order valence-corrected chi connectivity index (χ3v) is 2.43. The normalized spacial score (nSPS) is 12.0. The van der Waals surface area contributed by atoms with Crippen molar-refractivity contribution < 1.29 is 13.2 Å². The molecule has 0 heterocycles. The van der Waals surface area contributed by atoms with Crippen LogP contribution in [0.1, 0.15) is 11.1 Å². The van der Waals surface area contributed by atoms with E-state index in [1.165, 1.54) is 12.1 Å². The van der Waals surface area contributed by atoms with Gasteiger partial charge in [0, 0.05) is 0 Å². The zero-order chi connectivity index (χ0) is 11.1. The van der Waals surface area contributed by atoms with Gasteiger partial charge in [0.05, 0.1) is 5.56 Å². The molecule has 2 aromatic rings. The summed E-state index contributed by atoms with van der Waals surface area (Å²) in [5.74, 6) is 0. The first-order chi connectivity index (χ1) is 6.98. The minimum absolute atomic E-state index is 0.597. The van der Waals surface area contributed by atoms with E-state index >= 15 is 0 Å². The Morgan fingerprint density at radius 3 is 2.40 bits per heavy atom. The van der Waals surface area contributed by atoms with E-state index in [0.29, 0.717) is 5.39 Å². The predicted octanol–water partition coefficient (Wildman–Crippen LogP) is 4.17. The molecule has 0 saturated heterocycles. The maximum Gasteiger partial charge on any atom is 0.416 e. The van der Waals surface area contributed by atoms with Crippen LogP contribution < -0.4 is 0 Å². The van der Waals surface area contributed by atoms with E-state index in [0.717, 1.165) is 17.0 Å². The molecule has 0 fully saturated rings. The summed E-state index contributed by atoms with van der Waals surface area (Å²) in [6.45, 7) is 1.88. The van der Waals surface area contributed by atoms with Gasteiger partial charge in [-0.05, 0) is 35.4 Å². The van der Waals surface area contributed by atoms with Gasteiger partial charge in [0.15, 0.2) is 0 Å². The Hall–Kier alpha value is -1.51. The van der Waals surface area contributed by atoms with Gasteiger partial charge in [0.1, 0.15) is 0 Å². The molecule has 0 nitrogen and oxygen atoms in total. The highest BCUT2D eigenvalue weighted by molar-refractivity contribution is 5.86. The minimum atomic E-state index is -4.27. The van der Waals surface area contributed by atoms with Crippen molar-refractivity contribution in [2.75, 3.05) is 0 Å². The second-order valence-electron chi connectivity index (χ2n) is 3.51. The molecule has 0 aromatic heterocycles. The number of alkyl halides is 3. The molecule has 0 saturated carbocycles. The van der Waals surface area contributed by atoms with Crippen LogP contribution in [-0.4, -0.2) is 0 Å². The summed E-state index contributed by atoms with van der Waals surface area (Å²) in [6, 6.07) is 9.16. The number of aryl methyl sites for hydroxylation is 1. The predicted molar refractivity (Wildman–Crippen MR) is 53.7 cm³/mol. The van der Waals surface area contributed by atoms with Gasteiger partial charge >= 0.3 is 6.18 Å². The lowest BCUT2D eigenvalue weighted by molar-refractivity contribution is -0.137. The van der Waals surface area contributed by atoms with Crippen molar-refractivity contribution in [2.45, 2.75) is 13.1 Å². The van der Waals surface area contributed by atoms with Crippen molar-refractivity contribution in [2.24, 2.45) is 0 Å².